The molecule has 0 spiro atoms. The van der Waals surface area contributed by atoms with Crippen molar-refractivity contribution in [2.24, 2.45) is 10.7 Å². The Kier molecular flexibility index (Phi) is 8.13. The Bertz CT molecular complexity index is 792. The second-order valence-electron chi connectivity index (χ2n) is 7.51. The molecular weight excluding hydrogens is 404 g/mol. The Balaban J connectivity index is 2.08. The van der Waals surface area contributed by atoms with E-state index in [4.69, 9.17) is 22.1 Å². The number of nitrogens with two attached hydrogens (primary N) is 1. The van der Waals surface area contributed by atoms with Gasteiger partial charge in [-0.05, 0) is 51.8 Å². The molecule has 0 radical (unpaired) electrons. The van der Waals surface area contributed by atoms with Gasteiger partial charge in [-0.1, -0.05) is 17.7 Å². The van der Waals surface area contributed by atoms with E-state index < -0.39 is 23.3 Å². The highest BCUT2D eigenvalue weighted by molar-refractivity contribution is 6.69. The lowest BCUT2D eigenvalue weighted by Crippen LogP contribution is -2.44. The number of ether oxygens (including phenoxy) is 1. The Morgan fingerprint density at radius 1 is 1.41 bits per heavy atom. The van der Waals surface area contributed by atoms with Crippen molar-refractivity contribution in [3.8, 4) is 0 Å². The molecule has 1 saturated heterocycles. The van der Waals surface area contributed by atoms with Crippen LogP contribution in [0.4, 0.5) is 8.78 Å². The lowest BCUT2D eigenvalue weighted by Gasteiger charge is -2.36. The van der Waals surface area contributed by atoms with Crippen LogP contribution in [-0.2, 0) is 16.1 Å². The van der Waals surface area contributed by atoms with Crippen LogP contribution < -0.4 is 11.1 Å². The molecule has 1 aliphatic heterocycles. The minimum Gasteiger partial charge on any atom is -0.477 e. The van der Waals surface area contributed by atoms with Crippen molar-refractivity contribution < 1.29 is 23.4 Å². The topological polar surface area (TPSA) is 96.9 Å². The van der Waals surface area contributed by atoms with E-state index in [1.165, 1.54) is 6.07 Å². The van der Waals surface area contributed by atoms with Crippen molar-refractivity contribution >= 4 is 22.7 Å². The van der Waals surface area contributed by atoms with Gasteiger partial charge in [-0.15, -0.1) is 0 Å². The molecule has 9 heteroatoms. The highest BCUT2D eigenvalue weighted by Gasteiger charge is 2.28. The number of hydrogen-bond donors (Lipinski definition) is 3. The van der Waals surface area contributed by atoms with E-state index in [2.05, 4.69) is 10.3 Å². The number of carboxylic acids is 1. The Morgan fingerprint density at radius 2 is 2.07 bits per heavy atom. The number of nitrogens with zero attached hydrogens (tertiary/aromatic N) is 1. The van der Waals surface area contributed by atoms with Crippen molar-refractivity contribution in [3.63, 3.8) is 0 Å². The van der Waals surface area contributed by atoms with E-state index in [9.17, 15) is 18.7 Å². The third kappa shape index (κ3) is 6.76. The van der Waals surface area contributed by atoms with Gasteiger partial charge in [0.25, 0.3) is 0 Å². The second kappa shape index (κ2) is 10.1. The number of carboxylic acid groups (broad SMARTS) is 1. The largest absolute Gasteiger partial charge is 0.477 e. The molecule has 0 aliphatic carbocycles. The fraction of sp³-hybridized carbons (Fsp3) is 0.500. The molecule has 1 fully saturated rings. The minimum atomic E-state index is -1.34. The molecule has 1 aromatic carbocycles. The number of halogens is 3. The van der Waals surface area contributed by atoms with E-state index in [1.807, 2.05) is 13.8 Å². The molecule has 6 nitrogen and oxygen atoms in total. The predicted molar refractivity (Wildman–Crippen MR) is 108 cm³/mol. The van der Waals surface area contributed by atoms with E-state index in [1.54, 1.807) is 0 Å². The van der Waals surface area contributed by atoms with Crippen LogP contribution >= 0.6 is 11.6 Å². The molecule has 2 rings (SSSR count). The Labute approximate surface area is 173 Å². The van der Waals surface area contributed by atoms with Crippen LogP contribution in [-0.4, -0.2) is 41.0 Å². The number of nitrogens with one attached hydrogen (secondary N) is 1. The number of rotatable bonds is 8. The summed E-state index contributed by atoms with van der Waals surface area (Å²) in [5, 5.41) is 12.4. The number of carbonyl (C=O) groups is 1. The quantitative estimate of drug-likeness (QED) is 0.435. The fourth-order valence-corrected chi connectivity index (χ4v) is 3.47. The van der Waals surface area contributed by atoms with E-state index in [-0.39, 0.29) is 40.9 Å². The zero-order valence-electron chi connectivity index (χ0n) is 16.5. The summed E-state index contributed by atoms with van der Waals surface area (Å²) in [6.07, 6.45) is 1.86. The van der Waals surface area contributed by atoms with Gasteiger partial charge in [0.05, 0.1) is 12.1 Å². The maximum absolute atomic E-state index is 13.8. The molecule has 1 heterocycles. The molecule has 160 valence electrons. The summed E-state index contributed by atoms with van der Waals surface area (Å²) >= 11 is 6.16. The van der Waals surface area contributed by atoms with Crippen LogP contribution in [0, 0.1) is 11.6 Å². The van der Waals surface area contributed by atoms with Gasteiger partial charge in [0, 0.05) is 23.8 Å². The molecule has 1 atom stereocenters. The normalized spacial score (nSPS) is 20.3. The molecule has 1 unspecified atom stereocenters. The van der Waals surface area contributed by atoms with Gasteiger partial charge in [-0.2, -0.15) is 0 Å². The van der Waals surface area contributed by atoms with E-state index in [0.717, 1.165) is 25.0 Å². The molecule has 0 aromatic heterocycles. The number of benzene rings is 1. The molecule has 1 aromatic rings. The summed E-state index contributed by atoms with van der Waals surface area (Å²) < 4.78 is 33.2. The average Bonchev–Trinajstić information content (AvgIpc) is 2.63. The predicted octanol–water partition coefficient (Wildman–Crippen LogP) is 3.34. The van der Waals surface area contributed by atoms with E-state index >= 15 is 0 Å². The van der Waals surface area contributed by atoms with Crippen molar-refractivity contribution in [1.82, 2.24) is 5.32 Å². The van der Waals surface area contributed by atoms with Crippen molar-refractivity contribution in [2.45, 2.75) is 51.3 Å². The smallest absolute Gasteiger partial charge is 0.352 e. The van der Waals surface area contributed by atoms with Crippen LogP contribution in [0.2, 0.25) is 0 Å². The fourth-order valence-electron chi connectivity index (χ4n) is 3.21. The molecule has 0 bridgehead atoms. The van der Waals surface area contributed by atoms with Gasteiger partial charge in [0.1, 0.15) is 22.5 Å². The summed E-state index contributed by atoms with van der Waals surface area (Å²) in [6, 6.07) is 3.69. The Morgan fingerprint density at radius 3 is 2.66 bits per heavy atom. The van der Waals surface area contributed by atoms with Gasteiger partial charge >= 0.3 is 5.97 Å². The summed E-state index contributed by atoms with van der Waals surface area (Å²) in [7, 11) is 0. The van der Waals surface area contributed by atoms with Crippen molar-refractivity contribution in [3.05, 3.63) is 46.7 Å². The zero-order valence-corrected chi connectivity index (χ0v) is 17.2. The summed E-state index contributed by atoms with van der Waals surface area (Å²) in [4.78, 5) is 15.3. The maximum Gasteiger partial charge on any atom is 0.352 e. The second-order valence-corrected chi connectivity index (χ2v) is 7.86. The minimum absolute atomic E-state index is 0.120. The van der Waals surface area contributed by atoms with Crippen molar-refractivity contribution in [1.29, 1.82) is 0 Å². The molecule has 4 N–H and O–H groups in total. The van der Waals surface area contributed by atoms with Gasteiger partial charge in [0.15, 0.2) is 0 Å². The van der Waals surface area contributed by atoms with Gasteiger partial charge in [-0.3, -0.25) is 4.99 Å². The molecule has 1 aliphatic rings. The van der Waals surface area contributed by atoms with Gasteiger partial charge in [-0.25, -0.2) is 13.6 Å². The van der Waals surface area contributed by atoms with Crippen LogP contribution in [0.25, 0.3) is 0 Å². The monoisotopic (exact) mass is 429 g/mol. The third-order valence-electron chi connectivity index (χ3n) is 4.75. The third-order valence-corrected chi connectivity index (χ3v) is 5.09. The number of aliphatic carboxylic acids is 1. The van der Waals surface area contributed by atoms with Gasteiger partial charge < -0.3 is 20.9 Å². The average molecular weight is 430 g/mol. The first-order valence-corrected chi connectivity index (χ1v) is 9.71. The highest BCUT2D eigenvalue weighted by atomic mass is 35.5. The molecule has 0 saturated carbocycles. The highest BCUT2D eigenvalue weighted by Crippen LogP contribution is 2.24. The first-order chi connectivity index (χ1) is 13.6. The standard InChI is InChI=1S/C20H26ClF2N3O3/c1-20(2)10-12(7-9-29-20)25-8-6-13(17(24)19(27)28)18(21)26-11-14-15(22)4-3-5-16(14)23/h3-5,12,25H,6-11,24H2,1-2H3,(H,27,28). The van der Waals surface area contributed by atoms with Crippen LogP contribution in [0.1, 0.15) is 38.7 Å². The van der Waals surface area contributed by atoms with Crippen molar-refractivity contribution in [2.75, 3.05) is 13.2 Å². The molecule has 0 amide bonds. The van der Waals surface area contributed by atoms with Crippen LogP contribution in [0.5, 0.6) is 0 Å². The molecule has 29 heavy (non-hydrogen) atoms. The number of aliphatic imine (C=N–C) groups is 1. The first-order valence-electron chi connectivity index (χ1n) is 9.33. The maximum atomic E-state index is 13.8. The Hall–Kier alpha value is -2.03. The van der Waals surface area contributed by atoms with E-state index in [0.29, 0.717) is 13.2 Å². The summed E-state index contributed by atoms with van der Waals surface area (Å²) in [5.41, 5.74) is 4.88. The van der Waals surface area contributed by atoms with Crippen LogP contribution in [0.15, 0.2) is 34.5 Å². The van der Waals surface area contributed by atoms with Crippen LogP contribution in [0.3, 0.4) is 0 Å². The van der Waals surface area contributed by atoms with Gasteiger partial charge in [0.2, 0.25) is 0 Å². The lowest BCUT2D eigenvalue weighted by atomic mass is 9.94. The SMILES string of the molecule is CC1(C)CC(NCCC(C(Cl)=NCc2c(F)cccc2F)=C(N)C(=O)O)CCO1. The summed E-state index contributed by atoms with van der Waals surface area (Å²) in [5.74, 6) is -2.84. The number of hydrogen-bond acceptors (Lipinski definition) is 5. The first kappa shape index (κ1) is 23.3. The summed E-state index contributed by atoms with van der Waals surface area (Å²) in [6.45, 7) is 4.72. The zero-order chi connectivity index (χ0) is 21.6. The lowest BCUT2D eigenvalue weighted by molar-refractivity contribution is -0.132. The molecular formula is C20H26ClF2N3O3.